The summed E-state index contributed by atoms with van der Waals surface area (Å²) in [6, 6.07) is 28.0. The normalized spacial score (nSPS) is 15.2. The number of methoxy groups -OCH3 is 1. The van der Waals surface area contributed by atoms with Crippen LogP contribution in [0.4, 0.5) is 11.4 Å². The molecule has 0 bridgehead atoms. The molecule has 202 valence electrons. The molecule has 40 heavy (non-hydrogen) atoms. The van der Waals surface area contributed by atoms with Crippen LogP contribution in [-0.2, 0) is 11.4 Å². The van der Waals surface area contributed by atoms with Crippen LogP contribution in [0.1, 0.15) is 33.4 Å². The van der Waals surface area contributed by atoms with E-state index in [-0.39, 0.29) is 5.91 Å². The molecule has 0 aromatic heterocycles. The number of carbonyl (C=O) groups is 1. The van der Waals surface area contributed by atoms with Crippen molar-refractivity contribution in [2.45, 2.75) is 34.3 Å². The number of para-hydroxylation sites is 1. The predicted molar refractivity (Wildman–Crippen MR) is 166 cm³/mol. The summed E-state index contributed by atoms with van der Waals surface area (Å²) in [6.07, 6.45) is 1.87. The van der Waals surface area contributed by atoms with E-state index in [1.807, 2.05) is 101 Å². The van der Waals surface area contributed by atoms with Crippen molar-refractivity contribution in [2.24, 2.45) is 4.99 Å². The third-order valence-electron chi connectivity index (χ3n) is 6.73. The molecule has 4 aromatic carbocycles. The first-order chi connectivity index (χ1) is 19.3. The second-order valence-corrected chi connectivity index (χ2v) is 10.9. The molecule has 5 rings (SSSR count). The van der Waals surface area contributed by atoms with Crippen molar-refractivity contribution in [1.82, 2.24) is 0 Å². The number of hydrogen-bond acceptors (Lipinski definition) is 5. The lowest BCUT2D eigenvalue weighted by atomic mass is 10.1. The van der Waals surface area contributed by atoms with Crippen molar-refractivity contribution in [3.8, 4) is 11.5 Å². The number of anilines is 1. The monoisotopic (exact) mass is 548 g/mol. The highest BCUT2D eigenvalue weighted by Gasteiger charge is 2.36. The summed E-state index contributed by atoms with van der Waals surface area (Å²) in [5.74, 6) is 1.07. The average Bonchev–Trinajstić information content (AvgIpc) is 3.25. The van der Waals surface area contributed by atoms with Crippen molar-refractivity contribution >= 4 is 40.3 Å². The molecule has 5 nitrogen and oxygen atoms in total. The Morgan fingerprint density at radius 2 is 1.57 bits per heavy atom. The summed E-state index contributed by atoms with van der Waals surface area (Å²) in [6.45, 7) is 8.50. The smallest absolute Gasteiger partial charge is 0.271 e. The maximum atomic E-state index is 14.1. The quantitative estimate of drug-likeness (QED) is 0.218. The first-order valence-electron chi connectivity index (χ1n) is 13.1. The van der Waals surface area contributed by atoms with E-state index in [4.69, 9.17) is 14.5 Å². The molecule has 0 atom stereocenters. The zero-order valence-corrected chi connectivity index (χ0v) is 24.2. The second-order valence-electron chi connectivity index (χ2n) is 9.88. The maximum Gasteiger partial charge on any atom is 0.271 e. The van der Waals surface area contributed by atoms with Crippen molar-refractivity contribution in [2.75, 3.05) is 12.0 Å². The lowest BCUT2D eigenvalue weighted by molar-refractivity contribution is -0.113. The summed E-state index contributed by atoms with van der Waals surface area (Å²) in [4.78, 5) is 21.4. The van der Waals surface area contributed by atoms with Crippen LogP contribution in [-0.4, -0.2) is 18.2 Å². The molecule has 1 saturated heterocycles. The van der Waals surface area contributed by atoms with Gasteiger partial charge < -0.3 is 9.47 Å². The molecule has 1 aliphatic heterocycles. The minimum absolute atomic E-state index is 0.125. The van der Waals surface area contributed by atoms with E-state index in [0.717, 1.165) is 44.8 Å². The lowest BCUT2D eigenvalue weighted by Gasteiger charge is -2.19. The van der Waals surface area contributed by atoms with Crippen LogP contribution in [0.15, 0.2) is 94.8 Å². The Bertz CT molecular complexity index is 1630. The molecule has 0 N–H and O–H groups in total. The van der Waals surface area contributed by atoms with Gasteiger partial charge in [-0.2, -0.15) is 0 Å². The molecule has 1 heterocycles. The fraction of sp³-hybridized carbons (Fsp3) is 0.176. The van der Waals surface area contributed by atoms with Crippen LogP contribution in [0.2, 0.25) is 0 Å². The second kappa shape index (κ2) is 11.8. The van der Waals surface area contributed by atoms with Gasteiger partial charge in [-0.3, -0.25) is 9.69 Å². The van der Waals surface area contributed by atoms with Crippen LogP contribution in [0, 0.1) is 27.7 Å². The molecular formula is C34H32N2O3S. The van der Waals surface area contributed by atoms with Crippen LogP contribution in [0.3, 0.4) is 0 Å². The van der Waals surface area contributed by atoms with Crippen LogP contribution in [0.5, 0.6) is 11.5 Å². The van der Waals surface area contributed by atoms with Gasteiger partial charge in [-0.1, -0.05) is 66.7 Å². The Morgan fingerprint density at radius 3 is 2.33 bits per heavy atom. The number of ether oxygens (including phenoxy) is 2. The molecule has 1 amide bonds. The minimum Gasteiger partial charge on any atom is -0.493 e. The summed E-state index contributed by atoms with van der Waals surface area (Å²) in [5, 5.41) is 0.619. The number of amidine groups is 1. The van der Waals surface area contributed by atoms with E-state index < -0.39 is 0 Å². The van der Waals surface area contributed by atoms with Crippen molar-refractivity contribution in [3.05, 3.63) is 123 Å². The van der Waals surface area contributed by atoms with Crippen molar-refractivity contribution < 1.29 is 14.3 Å². The molecule has 6 heteroatoms. The van der Waals surface area contributed by atoms with Crippen LogP contribution >= 0.6 is 11.8 Å². The van der Waals surface area contributed by atoms with Gasteiger partial charge in [0.2, 0.25) is 0 Å². The highest BCUT2D eigenvalue weighted by molar-refractivity contribution is 8.19. The standard InChI is InChI=1S/C34H32N2O3S/c1-22-14-16-24(3)28(18-22)35-34-36(29-19-23(2)15-17-25(29)4)33(37)31(40-34)20-27-12-9-13-30(38-5)32(27)39-21-26-10-7-6-8-11-26/h6-20H,21H2,1-5H3. The number of carbonyl (C=O) groups excluding carboxylic acids is 1. The third kappa shape index (κ3) is 5.82. The molecule has 0 spiro atoms. The van der Waals surface area contributed by atoms with E-state index >= 15 is 0 Å². The number of nitrogens with zero attached hydrogens (tertiary/aromatic N) is 2. The molecule has 4 aromatic rings. The molecule has 1 fully saturated rings. The van der Waals surface area contributed by atoms with E-state index in [2.05, 4.69) is 18.2 Å². The number of benzene rings is 4. The third-order valence-corrected chi connectivity index (χ3v) is 7.70. The maximum absolute atomic E-state index is 14.1. The van der Waals surface area contributed by atoms with Gasteiger partial charge in [0.1, 0.15) is 6.61 Å². The minimum atomic E-state index is -0.125. The number of rotatable bonds is 7. The largest absolute Gasteiger partial charge is 0.493 e. The fourth-order valence-corrected chi connectivity index (χ4v) is 5.47. The molecule has 0 saturated carbocycles. The Labute approximate surface area is 240 Å². The Balaban J connectivity index is 1.59. The highest BCUT2D eigenvalue weighted by atomic mass is 32.2. The number of hydrogen-bond donors (Lipinski definition) is 0. The van der Waals surface area contributed by atoms with Gasteiger partial charge in [0.15, 0.2) is 16.7 Å². The number of amides is 1. The van der Waals surface area contributed by atoms with E-state index in [1.165, 1.54) is 11.8 Å². The summed E-state index contributed by atoms with van der Waals surface area (Å²) in [5.41, 5.74) is 7.73. The van der Waals surface area contributed by atoms with E-state index in [9.17, 15) is 4.79 Å². The Morgan fingerprint density at radius 1 is 0.850 bits per heavy atom. The van der Waals surface area contributed by atoms with Gasteiger partial charge in [-0.15, -0.1) is 0 Å². The topological polar surface area (TPSA) is 51.1 Å². The number of thioether (sulfide) groups is 1. The van der Waals surface area contributed by atoms with Gasteiger partial charge in [-0.05, 0) is 91.5 Å². The molecule has 0 aliphatic carbocycles. The van der Waals surface area contributed by atoms with Gasteiger partial charge in [0.05, 0.1) is 23.4 Å². The van der Waals surface area contributed by atoms with Gasteiger partial charge in [0, 0.05) is 5.56 Å². The highest BCUT2D eigenvalue weighted by Crippen LogP contribution is 2.41. The Hall–Kier alpha value is -4.29. The predicted octanol–water partition coefficient (Wildman–Crippen LogP) is 8.32. The zero-order valence-electron chi connectivity index (χ0n) is 23.4. The fourth-order valence-electron chi connectivity index (χ4n) is 4.50. The van der Waals surface area contributed by atoms with Gasteiger partial charge in [0.25, 0.3) is 5.91 Å². The Kier molecular flexibility index (Phi) is 8.08. The van der Waals surface area contributed by atoms with Crippen molar-refractivity contribution in [3.63, 3.8) is 0 Å². The summed E-state index contributed by atoms with van der Waals surface area (Å²) < 4.78 is 11.9. The van der Waals surface area contributed by atoms with Crippen LogP contribution in [0.25, 0.3) is 6.08 Å². The molecule has 0 unspecified atom stereocenters. The average molecular weight is 549 g/mol. The number of aryl methyl sites for hydroxylation is 4. The van der Waals surface area contributed by atoms with E-state index in [1.54, 1.807) is 12.0 Å². The number of aliphatic imine (C=N–C) groups is 1. The summed E-state index contributed by atoms with van der Waals surface area (Å²) >= 11 is 1.37. The zero-order chi connectivity index (χ0) is 28.2. The molecular weight excluding hydrogens is 516 g/mol. The van der Waals surface area contributed by atoms with Gasteiger partial charge >= 0.3 is 0 Å². The first kappa shape index (κ1) is 27.3. The SMILES string of the molecule is COc1cccc(C=C2SC(=Nc3cc(C)ccc3C)N(c3cc(C)ccc3C)C2=O)c1OCc1ccccc1. The van der Waals surface area contributed by atoms with Gasteiger partial charge in [-0.25, -0.2) is 4.99 Å². The lowest BCUT2D eigenvalue weighted by Crippen LogP contribution is -2.29. The summed E-state index contributed by atoms with van der Waals surface area (Å²) in [7, 11) is 1.62. The van der Waals surface area contributed by atoms with Crippen molar-refractivity contribution in [1.29, 1.82) is 0 Å². The van der Waals surface area contributed by atoms with Crippen LogP contribution < -0.4 is 14.4 Å². The first-order valence-corrected chi connectivity index (χ1v) is 14.0. The van der Waals surface area contributed by atoms with E-state index in [0.29, 0.717) is 28.2 Å². The molecule has 1 aliphatic rings. The molecule has 0 radical (unpaired) electrons.